The summed E-state index contributed by atoms with van der Waals surface area (Å²) in [6, 6.07) is 13.6. The molecule has 6 heteroatoms. The highest BCUT2D eigenvalue weighted by atomic mass is 35.5. The Bertz CT molecular complexity index is 1020. The van der Waals surface area contributed by atoms with Crippen LogP contribution in [0.2, 0.25) is 5.02 Å². The van der Waals surface area contributed by atoms with Gasteiger partial charge in [-0.05, 0) is 53.3 Å². The summed E-state index contributed by atoms with van der Waals surface area (Å²) < 4.78 is 5.43. The van der Waals surface area contributed by atoms with E-state index in [1.54, 1.807) is 12.1 Å². The number of phenols is 1. The van der Waals surface area contributed by atoms with Crippen molar-refractivity contribution in [2.24, 2.45) is 0 Å². The first kappa shape index (κ1) is 21.6. The Labute approximate surface area is 188 Å². The molecule has 162 valence electrons. The highest BCUT2D eigenvalue weighted by Gasteiger charge is 2.25. The van der Waals surface area contributed by atoms with E-state index in [4.69, 9.17) is 16.3 Å². The van der Waals surface area contributed by atoms with Crippen molar-refractivity contribution in [3.63, 3.8) is 0 Å². The number of carbonyl (C=O) groups excluding carboxylic acids is 1. The molecule has 0 bridgehead atoms. The van der Waals surface area contributed by atoms with Crippen LogP contribution in [0.4, 0.5) is 0 Å². The van der Waals surface area contributed by atoms with Gasteiger partial charge in [0.2, 0.25) is 0 Å². The van der Waals surface area contributed by atoms with Gasteiger partial charge in [0.15, 0.2) is 0 Å². The fourth-order valence-corrected chi connectivity index (χ4v) is 4.29. The Balaban J connectivity index is 1.67. The van der Waals surface area contributed by atoms with Crippen molar-refractivity contribution in [2.45, 2.75) is 19.9 Å². The van der Waals surface area contributed by atoms with Crippen LogP contribution in [-0.2, 0) is 16.1 Å². The first-order valence-electron chi connectivity index (χ1n) is 10.7. The van der Waals surface area contributed by atoms with Crippen LogP contribution < -0.4 is 5.32 Å². The number of hydrogen-bond acceptors (Lipinski definition) is 4. The molecule has 2 aliphatic rings. The molecular weight excluding hydrogens is 412 g/mol. The smallest absolute Gasteiger partial charge is 0.251 e. The van der Waals surface area contributed by atoms with E-state index in [9.17, 15) is 9.90 Å². The van der Waals surface area contributed by atoms with Gasteiger partial charge in [0, 0.05) is 31.8 Å². The van der Waals surface area contributed by atoms with Crippen LogP contribution >= 0.6 is 11.6 Å². The number of hydrogen-bond donors (Lipinski definition) is 2. The predicted molar refractivity (Wildman–Crippen MR) is 124 cm³/mol. The summed E-state index contributed by atoms with van der Waals surface area (Å²) in [5.41, 5.74) is 5.78. The maximum atomic E-state index is 12.8. The standard InChI is InChI=1S/C25H27ClN2O3/c1-2-27-25(30)21-9-8-20(19-7-10-23(29)22(26)15-19)24(21)18-5-3-17(4-6-18)16-28-11-13-31-14-12-28/h3-7,9-10,15,29H,2,8,11-14,16H2,1H3,(H,27,30). The Morgan fingerprint density at radius 3 is 2.52 bits per heavy atom. The number of phenolic OH excluding ortho intramolecular Hbond substituents is 1. The third-order valence-electron chi connectivity index (χ3n) is 5.71. The predicted octanol–water partition coefficient (Wildman–Crippen LogP) is 4.25. The van der Waals surface area contributed by atoms with Crippen LogP contribution in [0, 0.1) is 0 Å². The Morgan fingerprint density at radius 2 is 1.84 bits per heavy atom. The van der Waals surface area contributed by atoms with Gasteiger partial charge in [0.1, 0.15) is 5.75 Å². The molecule has 1 saturated heterocycles. The molecule has 4 rings (SSSR count). The third-order valence-corrected chi connectivity index (χ3v) is 6.01. The number of nitrogens with zero attached hydrogens (tertiary/aromatic N) is 1. The van der Waals surface area contributed by atoms with Gasteiger partial charge < -0.3 is 15.2 Å². The van der Waals surface area contributed by atoms with Gasteiger partial charge in [-0.15, -0.1) is 0 Å². The molecule has 5 nitrogen and oxygen atoms in total. The summed E-state index contributed by atoms with van der Waals surface area (Å²) >= 11 is 6.17. The topological polar surface area (TPSA) is 61.8 Å². The summed E-state index contributed by atoms with van der Waals surface area (Å²) in [6.07, 6.45) is 2.61. The van der Waals surface area contributed by atoms with Gasteiger partial charge in [0.05, 0.1) is 18.2 Å². The van der Waals surface area contributed by atoms with E-state index in [-0.39, 0.29) is 11.7 Å². The van der Waals surface area contributed by atoms with Crippen LogP contribution in [0.15, 0.2) is 54.1 Å². The lowest BCUT2D eigenvalue weighted by atomic mass is 9.92. The molecule has 1 heterocycles. The van der Waals surface area contributed by atoms with Crippen LogP contribution in [0.25, 0.3) is 11.1 Å². The Kier molecular flexibility index (Phi) is 6.76. The van der Waals surface area contributed by atoms with Gasteiger partial charge in [0.25, 0.3) is 5.91 Å². The number of halogens is 1. The quantitative estimate of drug-likeness (QED) is 0.707. The largest absolute Gasteiger partial charge is 0.506 e. The van der Waals surface area contributed by atoms with Crippen LogP contribution in [0.5, 0.6) is 5.75 Å². The normalized spacial score (nSPS) is 17.0. The SMILES string of the molecule is CCNC(=O)C1=CCC(c2ccc(O)c(Cl)c2)=C1c1ccc(CN2CCOCC2)cc1. The fourth-order valence-electron chi connectivity index (χ4n) is 4.11. The molecule has 0 radical (unpaired) electrons. The second kappa shape index (κ2) is 9.69. The van der Waals surface area contributed by atoms with Crippen LogP contribution in [0.1, 0.15) is 30.0 Å². The van der Waals surface area contributed by atoms with Crippen molar-refractivity contribution < 1.29 is 14.6 Å². The summed E-state index contributed by atoms with van der Waals surface area (Å²) in [5.74, 6) is -0.0234. The third kappa shape index (κ3) is 4.85. The van der Waals surface area contributed by atoms with E-state index >= 15 is 0 Å². The van der Waals surface area contributed by atoms with Gasteiger partial charge in [-0.1, -0.05) is 48.0 Å². The maximum Gasteiger partial charge on any atom is 0.251 e. The number of morpholine rings is 1. The zero-order valence-electron chi connectivity index (χ0n) is 17.7. The number of carbonyl (C=O) groups is 1. The van der Waals surface area contributed by atoms with Crippen molar-refractivity contribution in [1.82, 2.24) is 10.2 Å². The van der Waals surface area contributed by atoms with Crippen molar-refractivity contribution in [3.05, 3.63) is 75.8 Å². The van der Waals surface area contributed by atoms with Gasteiger partial charge in [-0.25, -0.2) is 0 Å². The van der Waals surface area contributed by atoms with Crippen molar-refractivity contribution >= 4 is 28.7 Å². The fraction of sp³-hybridized carbons (Fsp3) is 0.320. The minimum atomic E-state index is -0.0743. The number of rotatable bonds is 6. The molecule has 31 heavy (non-hydrogen) atoms. The van der Waals surface area contributed by atoms with E-state index in [1.165, 1.54) is 5.56 Å². The van der Waals surface area contributed by atoms with Crippen molar-refractivity contribution in [2.75, 3.05) is 32.8 Å². The van der Waals surface area contributed by atoms with Gasteiger partial charge >= 0.3 is 0 Å². The molecule has 0 atom stereocenters. The highest BCUT2D eigenvalue weighted by molar-refractivity contribution is 6.32. The van der Waals surface area contributed by atoms with E-state index in [0.29, 0.717) is 23.6 Å². The van der Waals surface area contributed by atoms with Crippen molar-refractivity contribution in [3.8, 4) is 5.75 Å². The van der Waals surface area contributed by atoms with Crippen molar-refractivity contribution in [1.29, 1.82) is 0 Å². The lowest BCUT2D eigenvalue weighted by molar-refractivity contribution is -0.116. The second-order valence-electron chi connectivity index (χ2n) is 7.79. The number of amides is 1. The zero-order valence-corrected chi connectivity index (χ0v) is 18.4. The Hall–Kier alpha value is -2.60. The molecular formula is C25H27ClN2O3. The monoisotopic (exact) mass is 438 g/mol. The molecule has 0 spiro atoms. The number of nitrogens with one attached hydrogen (secondary N) is 1. The number of benzene rings is 2. The average molecular weight is 439 g/mol. The number of aromatic hydroxyl groups is 1. The summed E-state index contributed by atoms with van der Waals surface area (Å²) in [5, 5.41) is 13.0. The van der Waals surface area contributed by atoms with E-state index in [0.717, 1.165) is 55.1 Å². The molecule has 1 fully saturated rings. The van der Waals surface area contributed by atoms with E-state index in [1.807, 2.05) is 19.1 Å². The molecule has 2 N–H and O–H groups in total. The first-order chi connectivity index (χ1) is 15.1. The second-order valence-corrected chi connectivity index (χ2v) is 8.19. The number of allylic oxidation sites excluding steroid dienone is 2. The first-order valence-corrected chi connectivity index (χ1v) is 11.0. The summed E-state index contributed by atoms with van der Waals surface area (Å²) in [7, 11) is 0. The molecule has 1 amide bonds. The van der Waals surface area contributed by atoms with E-state index < -0.39 is 0 Å². The summed E-state index contributed by atoms with van der Waals surface area (Å²) in [4.78, 5) is 15.1. The molecule has 1 aliphatic carbocycles. The molecule has 0 unspecified atom stereocenters. The van der Waals surface area contributed by atoms with Gasteiger partial charge in [-0.2, -0.15) is 0 Å². The summed E-state index contributed by atoms with van der Waals surface area (Å²) in [6.45, 7) is 6.84. The lowest BCUT2D eigenvalue weighted by Gasteiger charge is -2.26. The Morgan fingerprint density at radius 1 is 1.13 bits per heavy atom. The zero-order chi connectivity index (χ0) is 21.8. The number of ether oxygens (including phenoxy) is 1. The molecule has 0 saturated carbocycles. The van der Waals surface area contributed by atoms with Gasteiger partial charge in [-0.3, -0.25) is 9.69 Å². The minimum Gasteiger partial charge on any atom is -0.506 e. The molecule has 0 aromatic heterocycles. The number of likely N-dealkylation sites (N-methyl/N-ethyl adjacent to an activating group) is 1. The lowest BCUT2D eigenvalue weighted by Crippen LogP contribution is -2.35. The van der Waals surface area contributed by atoms with Crippen LogP contribution in [-0.4, -0.2) is 48.8 Å². The van der Waals surface area contributed by atoms with Crippen LogP contribution in [0.3, 0.4) is 0 Å². The minimum absolute atomic E-state index is 0.0509. The molecule has 2 aromatic rings. The highest BCUT2D eigenvalue weighted by Crippen LogP contribution is 2.41. The molecule has 2 aromatic carbocycles. The molecule has 1 aliphatic heterocycles. The van der Waals surface area contributed by atoms with E-state index in [2.05, 4.69) is 34.5 Å². The average Bonchev–Trinajstić information content (AvgIpc) is 3.22. The maximum absolute atomic E-state index is 12.8.